The molecule has 2 N–H and O–H groups in total. The average molecular weight is 270 g/mol. The Balaban J connectivity index is 2.03. The minimum Gasteiger partial charge on any atom is -0.360 e. The van der Waals surface area contributed by atoms with Crippen molar-refractivity contribution >= 4 is 38.8 Å². The second kappa shape index (κ2) is 5.15. The summed E-state index contributed by atoms with van der Waals surface area (Å²) in [6.45, 7) is 4.51. The molecule has 0 unspecified atom stereocenters. The van der Waals surface area contributed by atoms with Crippen molar-refractivity contribution in [3.8, 4) is 0 Å². The largest absolute Gasteiger partial charge is 0.360 e. The van der Waals surface area contributed by atoms with Gasteiger partial charge in [-0.3, -0.25) is 10.1 Å². The van der Waals surface area contributed by atoms with Gasteiger partial charge in [0.05, 0.1) is 0 Å². The minimum atomic E-state index is -0.317. The Hall–Kier alpha value is -1.61. The van der Waals surface area contributed by atoms with E-state index in [4.69, 9.17) is 0 Å². The van der Waals surface area contributed by atoms with Crippen LogP contribution in [0, 0.1) is 6.92 Å². The maximum absolute atomic E-state index is 11.7. The van der Waals surface area contributed by atoms with E-state index < -0.39 is 0 Å². The van der Waals surface area contributed by atoms with Crippen LogP contribution in [0.25, 0.3) is 0 Å². The first-order valence-corrected chi connectivity index (χ1v) is 6.51. The number of hydrogen-bond donors (Lipinski definition) is 2. The van der Waals surface area contributed by atoms with Gasteiger partial charge in [0, 0.05) is 6.54 Å². The first-order chi connectivity index (χ1) is 8.19. The van der Waals surface area contributed by atoms with E-state index in [0.29, 0.717) is 15.3 Å². The maximum Gasteiger partial charge on any atom is 0.288 e. The van der Waals surface area contributed by atoms with Gasteiger partial charge < -0.3 is 5.32 Å². The first kappa shape index (κ1) is 11.9. The Kier molecular flexibility index (Phi) is 3.59. The summed E-state index contributed by atoms with van der Waals surface area (Å²) in [5, 5.41) is 23.0. The molecule has 2 heterocycles. The molecule has 0 aliphatic heterocycles. The zero-order chi connectivity index (χ0) is 12.3. The van der Waals surface area contributed by atoms with Crippen LogP contribution in [-0.2, 0) is 0 Å². The van der Waals surface area contributed by atoms with Gasteiger partial charge in [-0.15, -0.1) is 20.4 Å². The number of aromatic nitrogens is 4. The van der Waals surface area contributed by atoms with Gasteiger partial charge in [0.1, 0.15) is 5.01 Å². The first-order valence-electron chi connectivity index (χ1n) is 4.88. The smallest absolute Gasteiger partial charge is 0.288 e. The van der Waals surface area contributed by atoms with E-state index in [9.17, 15) is 4.79 Å². The highest BCUT2D eigenvalue weighted by molar-refractivity contribution is 7.17. The second-order valence-electron chi connectivity index (χ2n) is 3.02. The molecule has 90 valence electrons. The van der Waals surface area contributed by atoms with E-state index in [1.165, 1.54) is 22.7 Å². The molecule has 9 heteroatoms. The Labute approximate surface area is 105 Å². The third kappa shape index (κ3) is 2.94. The van der Waals surface area contributed by atoms with Crippen LogP contribution in [0.1, 0.15) is 21.7 Å². The molecule has 0 aliphatic carbocycles. The summed E-state index contributed by atoms with van der Waals surface area (Å²) in [6.07, 6.45) is 0. The highest BCUT2D eigenvalue weighted by Gasteiger charge is 2.14. The van der Waals surface area contributed by atoms with Crippen LogP contribution in [0.15, 0.2) is 0 Å². The Morgan fingerprint density at radius 2 is 1.94 bits per heavy atom. The van der Waals surface area contributed by atoms with Gasteiger partial charge in [0.25, 0.3) is 5.91 Å². The van der Waals surface area contributed by atoms with Crippen molar-refractivity contribution in [1.82, 2.24) is 20.4 Å². The molecule has 0 spiro atoms. The summed E-state index contributed by atoms with van der Waals surface area (Å²) in [4.78, 5) is 11.7. The fourth-order valence-electron chi connectivity index (χ4n) is 1.04. The minimum absolute atomic E-state index is 0.300. The molecule has 0 atom stereocenters. The van der Waals surface area contributed by atoms with E-state index in [0.717, 1.165) is 11.6 Å². The lowest BCUT2D eigenvalue weighted by molar-refractivity contribution is 0.102. The lowest BCUT2D eigenvalue weighted by Gasteiger charge is -1.94. The summed E-state index contributed by atoms with van der Waals surface area (Å²) < 4.78 is 0. The fourth-order valence-corrected chi connectivity index (χ4v) is 2.33. The quantitative estimate of drug-likeness (QED) is 0.872. The van der Waals surface area contributed by atoms with Crippen LogP contribution in [0.3, 0.4) is 0 Å². The third-order valence-electron chi connectivity index (χ3n) is 1.69. The normalized spacial score (nSPS) is 10.2. The van der Waals surface area contributed by atoms with Crippen LogP contribution in [0.4, 0.5) is 10.3 Å². The van der Waals surface area contributed by atoms with E-state index in [-0.39, 0.29) is 5.91 Å². The number of nitrogens with one attached hydrogen (secondary N) is 2. The van der Waals surface area contributed by atoms with Gasteiger partial charge in [0.2, 0.25) is 15.3 Å². The van der Waals surface area contributed by atoms with Crippen LogP contribution in [0.5, 0.6) is 0 Å². The van der Waals surface area contributed by atoms with Crippen LogP contribution >= 0.6 is 22.7 Å². The zero-order valence-electron chi connectivity index (χ0n) is 9.22. The number of amides is 1. The second-order valence-corrected chi connectivity index (χ2v) is 5.18. The van der Waals surface area contributed by atoms with Crippen molar-refractivity contribution in [3.05, 3.63) is 10.0 Å². The number of carbonyl (C=O) groups is 1. The molecule has 0 fully saturated rings. The Morgan fingerprint density at radius 3 is 2.59 bits per heavy atom. The van der Waals surface area contributed by atoms with Crippen LogP contribution in [0.2, 0.25) is 0 Å². The highest BCUT2D eigenvalue weighted by atomic mass is 32.1. The molecule has 0 radical (unpaired) electrons. The SMILES string of the molecule is CCNc1nnc(C(=O)Nc2nnc(C)s2)s1. The number of carbonyl (C=O) groups excluding carboxylic acids is 1. The van der Waals surface area contributed by atoms with E-state index in [1.54, 1.807) is 0 Å². The summed E-state index contributed by atoms with van der Waals surface area (Å²) >= 11 is 2.52. The van der Waals surface area contributed by atoms with Gasteiger partial charge >= 0.3 is 0 Å². The van der Waals surface area contributed by atoms with Crippen molar-refractivity contribution in [2.24, 2.45) is 0 Å². The molecule has 2 aromatic heterocycles. The lowest BCUT2D eigenvalue weighted by atomic mass is 10.6. The zero-order valence-corrected chi connectivity index (χ0v) is 10.9. The lowest BCUT2D eigenvalue weighted by Crippen LogP contribution is -2.11. The molecule has 0 saturated carbocycles. The summed E-state index contributed by atoms with van der Waals surface area (Å²) in [7, 11) is 0. The molecule has 1 amide bonds. The van der Waals surface area contributed by atoms with Crippen molar-refractivity contribution in [3.63, 3.8) is 0 Å². The molecule has 0 saturated heterocycles. The van der Waals surface area contributed by atoms with Gasteiger partial charge in [-0.1, -0.05) is 22.7 Å². The highest BCUT2D eigenvalue weighted by Crippen LogP contribution is 2.18. The number of nitrogens with zero attached hydrogens (tertiary/aromatic N) is 4. The van der Waals surface area contributed by atoms with Gasteiger partial charge in [-0.25, -0.2) is 0 Å². The monoisotopic (exact) mass is 270 g/mol. The molecule has 0 aliphatic rings. The predicted molar refractivity (Wildman–Crippen MR) is 66.7 cm³/mol. The molecular weight excluding hydrogens is 260 g/mol. The van der Waals surface area contributed by atoms with Crippen LogP contribution in [-0.4, -0.2) is 32.8 Å². The van der Waals surface area contributed by atoms with Crippen molar-refractivity contribution < 1.29 is 4.79 Å². The number of hydrogen-bond acceptors (Lipinski definition) is 8. The number of rotatable bonds is 4. The summed E-state index contributed by atoms with van der Waals surface area (Å²) in [5.74, 6) is -0.317. The maximum atomic E-state index is 11.7. The number of anilines is 2. The summed E-state index contributed by atoms with van der Waals surface area (Å²) in [5.41, 5.74) is 0. The predicted octanol–water partition coefficient (Wildman–Crippen LogP) is 1.38. The van der Waals surface area contributed by atoms with E-state index in [1.807, 2.05) is 13.8 Å². The molecule has 0 aromatic carbocycles. The third-order valence-corrected chi connectivity index (χ3v) is 3.33. The van der Waals surface area contributed by atoms with Gasteiger partial charge in [0.15, 0.2) is 0 Å². The number of aryl methyl sites for hydroxylation is 1. The van der Waals surface area contributed by atoms with E-state index >= 15 is 0 Å². The molecule has 0 bridgehead atoms. The molecule has 2 rings (SSSR count). The molecule has 17 heavy (non-hydrogen) atoms. The van der Waals surface area contributed by atoms with Crippen molar-refractivity contribution in [1.29, 1.82) is 0 Å². The standard InChI is InChI=1S/C8H10N6OS2/c1-3-9-7-13-12-6(17-7)5(15)10-8-14-11-4(2)16-8/h3H2,1-2H3,(H,9,13)(H,10,14,15). The van der Waals surface area contributed by atoms with Crippen molar-refractivity contribution in [2.45, 2.75) is 13.8 Å². The average Bonchev–Trinajstić information content (AvgIpc) is 2.88. The van der Waals surface area contributed by atoms with Gasteiger partial charge in [-0.2, -0.15) is 0 Å². The molecule has 7 nitrogen and oxygen atoms in total. The topological polar surface area (TPSA) is 92.7 Å². The van der Waals surface area contributed by atoms with E-state index in [2.05, 4.69) is 31.0 Å². The Bertz CT molecular complexity index is 522. The molecule has 2 aromatic rings. The van der Waals surface area contributed by atoms with Gasteiger partial charge in [-0.05, 0) is 13.8 Å². The molecular formula is C8H10N6OS2. The summed E-state index contributed by atoms with van der Waals surface area (Å²) in [6, 6.07) is 0. The Morgan fingerprint density at radius 1 is 1.18 bits per heavy atom. The fraction of sp³-hybridized carbons (Fsp3) is 0.375. The van der Waals surface area contributed by atoms with Crippen LogP contribution < -0.4 is 10.6 Å². The van der Waals surface area contributed by atoms with Crippen molar-refractivity contribution in [2.75, 3.05) is 17.2 Å².